The van der Waals surface area contributed by atoms with Crippen molar-refractivity contribution >= 4 is 6.29 Å². The topological polar surface area (TPSA) is 17.1 Å². The maximum Gasteiger partial charge on any atom is 0.145 e. The molecule has 0 radical (unpaired) electrons. The highest BCUT2D eigenvalue weighted by Crippen LogP contribution is 2.27. The fourth-order valence-corrected chi connectivity index (χ4v) is 2.07. The first kappa shape index (κ1) is 10.5. The van der Waals surface area contributed by atoms with Gasteiger partial charge in [-0.05, 0) is 31.3 Å². The maximum atomic E-state index is 10.3. The van der Waals surface area contributed by atoms with E-state index in [0.717, 1.165) is 24.2 Å². The summed E-state index contributed by atoms with van der Waals surface area (Å²) in [6, 6.07) is 0. The van der Waals surface area contributed by atoms with Crippen molar-refractivity contribution < 1.29 is 4.79 Å². The van der Waals surface area contributed by atoms with Gasteiger partial charge in [0, 0.05) is 0 Å². The molecule has 74 valence electrons. The van der Waals surface area contributed by atoms with Gasteiger partial charge in [0.15, 0.2) is 0 Å². The summed E-state index contributed by atoms with van der Waals surface area (Å²) in [5, 5.41) is 0. The second-order valence-corrected chi connectivity index (χ2v) is 4.15. The van der Waals surface area contributed by atoms with Crippen LogP contribution in [0.4, 0.5) is 0 Å². The molecule has 0 aliphatic heterocycles. The summed E-state index contributed by atoms with van der Waals surface area (Å²) in [7, 11) is 0. The molecule has 0 aromatic rings. The Morgan fingerprint density at radius 1 is 1.31 bits per heavy atom. The molecule has 1 heteroatoms. The highest BCUT2D eigenvalue weighted by atomic mass is 16.1. The van der Waals surface area contributed by atoms with Crippen LogP contribution in [0.2, 0.25) is 0 Å². The molecule has 1 rings (SSSR count). The molecule has 1 aliphatic carbocycles. The van der Waals surface area contributed by atoms with Crippen LogP contribution in [0.15, 0.2) is 11.6 Å². The molecule has 1 saturated carbocycles. The Kier molecular flexibility index (Phi) is 4.81. The van der Waals surface area contributed by atoms with E-state index in [1.165, 1.54) is 38.5 Å². The van der Waals surface area contributed by atoms with Crippen molar-refractivity contribution in [3.63, 3.8) is 0 Å². The SMILES string of the molecule is C/C(C=O)=C\CCC1CCCCC1. The molecule has 0 spiro atoms. The second-order valence-electron chi connectivity index (χ2n) is 4.15. The van der Waals surface area contributed by atoms with Gasteiger partial charge in [-0.2, -0.15) is 0 Å². The molecule has 0 saturated heterocycles. The number of carbonyl (C=O) groups is 1. The van der Waals surface area contributed by atoms with Crippen LogP contribution in [0, 0.1) is 5.92 Å². The summed E-state index contributed by atoms with van der Waals surface area (Å²) < 4.78 is 0. The molecular weight excluding hydrogens is 160 g/mol. The number of aldehydes is 1. The van der Waals surface area contributed by atoms with Gasteiger partial charge in [-0.1, -0.05) is 38.2 Å². The summed E-state index contributed by atoms with van der Waals surface area (Å²) >= 11 is 0. The van der Waals surface area contributed by atoms with E-state index in [4.69, 9.17) is 0 Å². The highest BCUT2D eigenvalue weighted by Gasteiger charge is 2.11. The van der Waals surface area contributed by atoms with E-state index in [1.807, 2.05) is 6.92 Å². The first-order valence-corrected chi connectivity index (χ1v) is 5.45. The summed E-state index contributed by atoms with van der Waals surface area (Å²) in [5.74, 6) is 0.935. The van der Waals surface area contributed by atoms with E-state index in [2.05, 4.69) is 6.08 Å². The lowest BCUT2D eigenvalue weighted by atomic mass is 9.86. The summed E-state index contributed by atoms with van der Waals surface area (Å²) in [4.78, 5) is 10.3. The average Bonchev–Trinajstić information content (AvgIpc) is 2.19. The number of hydrogen-bond acceptors (Lipinski definition) is 1. The zero-order valence-electron chi connectivity index (χ0n) is 8.59. The molecule has 0 bridgehead atoms. The van der Waals surface area contributed by atoms with Crippen molar-refractivity contribution in [3.8, 4) is 0 Å². The molecule has 1 aliphatic rings. The summed E-state index contributed by atoms with van der Waals surface area (Å²) in [6.07, 6.45) is 12.5. The standard InChI is InChI=1S/C12H20O/c1-11(10-13)6-5-9-12-7-3-2-4-8-12/h6,10,12H,2-5,7-9H2,1H3/b11-6+. The van der Waals surface area contributed by atoms with E-state index in [0.29, 0.717) is 0 Å². The first-order valence-electron chi connectivity index (χ1n) is 5.45. The summed E-state index contributed by atoms with van der Waals surface area (Å²) in [6.45, 7) is 1.88. The molecule has 0 atom stereocenters. The van der Waals surface area contributed by atoms with E-state index >= 15 is 0 Å². The number of hydrogen-bond donors (Lipinski definition) is 0. The molecule has 0 heterocycles. The third-order valence-corrected chi connectivity index (χ3v) is 2.95. The van der Waals surface area contributed by atoms with Crippen molar-refractivity contribution in [2.75, 3.05) is 0 Å². The number of carbonyl (C=O) groups excluding carboxylic acids is 1. The van der Waals surface area contributed by atoms with Crippen LogP contribution in [0.1, 0.15) is 51.9 Å². The Bertz CT molecular complexity index is 176. The molecule has 1 nitrogen and oxygen atoms in total. The monoisotopic (exact) mass is 180 g/mol. The maximum absolute atomic E-state index is 10.3. The van der Waals surface area contributed by atoms with Gasteiger partial charge in [-0.3, -0.25) is 4.79 Å². The first-order chi connectivity index (χ1) is 6.33. The lowest BCUT2D eigenvalue weighted by Gasteiger charge is -2.20. The van der Waals surface area contributed by atoms with Gasteiger partial charge in [0.25, 0.3) is 0 Å². The minimum absolute atomic E-state index is 0.885. The minimum atomic E-state index is 0.885. The van der Waals surface area contributed by atoms with Crippen molar-refractivity contribution in [2.24, 2.45) is 5.92 Å². The molecule has 0 N–H and O–H groups in total. The van der Waals surface area contributed by atoms with E-state index in [9.17, 15) is 4.79 Å². The van der Waals surface area contributed by atoms with Crippen molar-refractivity contribution in [1.29, 1.82) is 0 Å². The van der Waals surface area contributed by atoms with Crippen LogP contribution in [0.3, 0.4) is 0 Å². The predicted molar refractivity (Wildman–Crippen MR) is 55.6 cm³/mol. The third-order valence-electron chi connectivity index (χ3n) is 2.95. The summed E-state index contributed by atoms with van der Waals surface area (Å²) in [5.41, 5.74) is 0.885. The fourth-order valence-electron chi connectivity index (χ4n) is 2.07. The molecule has 0 aromatic heterocycles. The Hall–Kier alpha value is -0.590. The predicted octanol–water partition coefficient (Wildman–Crippen LogP) is 3.49. The molecule has 0 unspecified atom stereocenters. The van der Waals surface area contributed by atoms with E-state index in [-0.39, 0.29) is 0 Å². The molecule has 0 aromatic carbocycles. The van der Waals surface area contributed by atoms with Crippen LogP contribution >= 0.6 is 0 Å². The smallest absolute Gasteiger partial charge is 0.145 e. The van der Waals surface area contributed by atoms with E-state index in [1.54, 1.807) is 0 Å². The number of rotatable bonds is 4. The molecule has 13 heavy (non-hydrogen) atoms. The fraction of sp³-hybridized carbons (Fsp3) is 0.750. The van der Waals surface area contributed by atoms with Crippen LogP contribution < -0.4 is 0 Å². The minimum Gasteiger partial charge on any atom is -0.298 e. The Morgan fingerprint density at radius 3 is 2.62 bits per heavy atom. The van der Waals surface area contributed by atoms with Crippen molar-refractivity contribution in [1.82, 2.24) is 0 Å². The number of allylic oxidation sites excluding steroid dienone is 2. The van der Waals surface area contributed by atoms with E-state index < -0.39 is 0 Å². The molecule has 1 fully saturated rings. The van der Waals surface area contributed by atoms with Crippen LogP contribution in [0.5, 0.6) is 0 Å². The van der Waals surface area contributed by atoms with Gasteiger partial charge >= 0.3 is 0 Å². The zero-order chi connectivity index (χ0) is 9.52. The lowest BCUT2D eigenvalue weighted by Crippen LogP contribution is -2.05. The van der Waals surface area contributed by atoms with Gasteiger partial charge in [0.05, 0.1) is 0 Å². The van der Waals surface area contributed by atoms with Crippen molar-refractivity contribution in [3.05, 3.63) is 11.6 Å². The van der Waals surface area contributed by atoms with Crippen LogP contribution in [-0.2, 0) is 4.79 Å². The zero-order valence-corrected chi connectivity index (χ0v) is 8.59. The highest BCUT2D eigenvalue weighted by molar-refractivity contribution is 5.71. The Morgan fingerprint density at radius 2 is 2.00 bits per heavy atom. The lowest BCUT2D eigenvalue weighted by molar-refractivity contribution is -0.104. The normalized spacial score (nSPS) is 20.2. The van der Waals surface area contributed by atoms with Gasteiger partial charge in [0.1, 0.15) is 6.29 Å². The average molecular weight is 180 g/mol. The Balaban J connectivity index is 2.14. The van der Waals surface area contributed by atoms with Gasteiger partial charge in [-0.25, -0.2) is 0 Å². The second kappa shape index (κ2) is 5.95. The quantitative estimate of drug-likeness (QED) is 0.478. The van der Waals surface area contributed by atoms with Gasteiger partial charge in [-0.15, -0.1) is 0 Å². The van der Waals surface area contributed by atoms with Gasteiger partial charge in [0.2, 0.25) is 0 Å². The molecule has 0 amide bonds. The van der Waals surface area contributed by atoms with Crippen LogP contribution in [0.25, 0.3) is 0 Å². The largest absolute Gasteiger partial charge is 0.298 e. The van der Waals surface area contributed by atoms with Crippen LogP contribution in [-0.4, -0.2) is 6.29 Å². The molecular formula is C12H20O. The third kappa shape index (κ3) is 4.25. The van der Waals surface area contributed by atoms with Gasteiger partial charge < -0.3 is 0 Å². The van der Waals surface area contributed by atoms with Crippen molar-refractivity contribution in [2.45, 2.75) is 51.9 Å². The Labute approximate surface area is 81.2 Å².